The molecule has 0 N–H and O–H groups in total. The van der Waals surface area contributed by atoms with Gasteiger partial charge in [0.15, 0.2) is 10.8 Å². The van der Waals surface area contributed by atoms with Crippen molar-refractivity contribution in [1.82, 2.24) is 19.5 Å². The van der Waals surface area contributed by atoms with Gasteiger partial charge in [-0.05, 0) is 23.3 Å². The van der Waals surface area contributed by atoms with Crippen molar-refractivity contribution < 1.29 is 14.3 Å². The molecule has 1 aliphatic heterocycles. The number of fused-ring (bicyclic) bond motifs is 2. The molecule has 0 fully saturated rings. The van der Waals surface area contributed by atoms with Gasteiger partial charge in [0.2, 0.25) is 5.91 Å². The third-order valence-electron chi connectivity index (χ3n) is 4.65. The molecule has 7 nitrogen and oxygen atoms in total. The lowest BCUT2D eigenvalue weighted by molar-refractivity contribution is -0.153. The standard InChI is InChI=1S/C19H18N4O3S/c1-26-18(25)15-10-13-6-2-3-7-14(13)11-23(15)17(24)12-27-19-21-20-16-8-4-5-9-22(16)19/h2-9,15H,10-12H2,1H3/t15-/m1/s1. The van der Waals surface area contributed by atoms with Crippen molar-refractivity contribution in [2.45, 2.75) is 24.2 Å². The van der Waals surface area contributed by atoms with E-state index in [2.05, 4.69) is 10.2 Å². The Morgan fingerprint density at radius 1 is 1.15 bits per heavy atom. The molecular formula is C19H18N4O3S. The lowest BCUT2D eigenvalue weighted by Gasteiger charge is -2.35. The van der Waals surface area contributed by atoms with Crippen LogP contribution in [0.2, 0.25) is 0 Å². The molecule has 1 atom stereocenters. The largest absolute Gasteiger partial charge is 0.467 e. The molecule has 0 unspecified atom stereocenters. The van der Waals surface area contributed by atoms with Gasteiger partial charge >= 0.3 is 5.97 Å². The lowest BCUT2D eigenvalue weighted by Crippen LogP contribution is -2.49. The van der Waals surface area contributed by atoms with Crippen molar-refractivity contribution in [3.05, 3.63) is 59.8 Å². The Morgan fingerprint density at radius 2 is 1.93 bits per heavy atom. The molecule has 1 amide bonds. The van der Waals surface area contributed by atoms with Crippen molar-refractivity contribution in [1.29, 1.82) is 0 Å². The third kappa shape index (κ3) is 3.40. The number of nitrogens with zero attached hydrogens (tertiary/aromatic N) is 4. The van der Waals surface area contributed by atoms with E-state index < -0.39 is 12.0 Å². The second-order valence-corrected chi connectivity index (χ2v) is 7.18. The zero-order chi connectivity index (χ0) is 18.8. The smallest absolute Gasteiger partial charge is 0.328 e. The molecule has 0 radical (unpaired) electrons. The Hall–Kier alpha value is -2.87. The second-order valence-electron chi connectivity index (χ2n) is 6.23. The first-order chi connectivity index (χ1) is 13.2. The zero-order valence-corrected chi connectivity index (χ0v) is 15.6. The van der Waals surface area contributed by atoms with Crippen LogP contribution in [0.3, 0.4) is 0 Å². The van der Waals surface area contributed by atoms with Crippen molar-refractivity contribution >= 4 is 29.3 Å². The van der Waals surface area contributed by atoms with Crippen molar-refractivity contribution in [2.75, 3.05) is 12.9 Å². The Kier molecular flexibility index (Phi) is 4.81. The van der Waals surface area contributed by atoms with Crippen LogP contribution in [0.5, 0.6) is 0 Å². The first-order valence-electron chi connectivity index (χ1n) is 8.54. The molecule has 138 valence electrons. The van der Waals surface area contributed by atoms with E-state index in [1.807, 2.05) is 53.1 Å². The number of hydrogen-bond acceptors (Lipinski definition) is 6. The van der Waals surface area contributed by atoms with E-state index in [0.29, 0.717) is 18.1 Å². The minimum absolute atomic E-state index is 0.127. The Morgan fingerprint density at radius 3 is 2.74 bits per heavy atom. The predicted octanol–water partition coefficient (Wildman–Crippen LogP) is 1.95. The van der Waals surface area contributed by atoms with E-state index in [9.17, 15) is 9.59 Å². The average molecular weight is 382 g/mol. The monoisotopic (exact) mass is 382 g/mol. The highest BCUT2D eigenvalue weighted by Gasteiger charge is 2.35. The van der Waals surface area contributed by atoms with Crippen molar-refractivity contribution in [2.24, 2.45) is 0 Å². The van der Waals surface area contributed by atoms with Crippen LogP contribution in [0, 0.1) is 0 Å². The number of carbonyl (C=O) groups excluding carboxylic acids is 2. The van der Waals surface area contributed by atoms with Crippen LogP contribution in [0.1, 0.15) is 11.1 Å². The number of carbonyl (C=O) groups is 2. The van der Waals surface area contributed by atoms with E-state index in [1.54, 1.807) is 4.90 Å². The summed E-state index contributed by atoms with van der Waals surface area (Å²) in [6.45, 7) is 0.399. The Balaban J connectivity index is 1.53. The van der Waals surface area contributed by atoms with E-state index in [0.717, 1.165) is 16.8 Å². The fourth-order valence-corrected chi connectivity index (χ4v) is 4.07. The van der Waals surface area contributed by atoms with Gasteiger partial charge in [0.05, 0.1) is 12.9 Å². The Labute approximate surface area is 160 Å². The van der Waals surface area contributed by atoms with E-state index in [-0.39, 0.29) is 11.7 Å². The molecule has 1 aromatic carbocycles. The number of pyridine rings is 1. The van der Waals surface area contributed by atoms with Gasteiger partial charge in [0.1, 0.15) is 6.04 Å². The number of esters is 1. The highest BCUT2D eigenvalue weighted by molar-refractivity contribution is 7.99. The number of ether oxygens (including phenoxy) is 1. The highest BCUT2D eigenvalue weighted by atomic mass is 32.2. The fraction of sp³-hybridized carbons (Fsp3) is 0.263. The maximum Gasteiger partial charge on any atom is 0.328 e. The molecule has 27 heavy (non-hydrogen) atoms. The van der Waals surface area contributed by atoms with Crippen LogP contribution < -0.4 is 0 Å². The van der Waals surface area contributed by atoms with Gasteiger partial charge in [-0.2, -0.15) is 0 Å². The maximum atomic E-state index is 12.9. The van der Waals surface area contributed by atoms with Crippen LogP contribution in [0.25, 0.3) is 5.65 Å². The number of methoxy groups -OCH3 is 1. The average Bonchev–Trinajstić information content (AvgIpc) is 3.13. The third-order valence-corrected chi connectivity index (χ3v) is 5.58. The number of hydrogen-bond donors (Lipinski definition) is 0. The second kappa shape index (κ2) is 7.40. The number of amides is 1. The molecule has 0 spiro atoms. The summed E-state index contributed by atoms with van der Waals surface area (Å²) in [7, 11) is 1.35. The SMILES string of the molecule is COC(=O)[C@H]1Cc2ccccc2CN1C(=O)CSc1nnc2ccccn12. The number of benzene rings is 1. The summed E-state index contributed by atoms with van der Waals surface area (Å²) in [5.74, 6) is -0.348. The highest BCUT2D eigenvalue weighted by Crippen LogP contribution is 2.26. The fourth-order valence-electron chi connectivity index (χ4n) is 3.26. The maximum absolute atomic E-state index is 12.9. The summed E-state index contributed by atoms with van der Waals surface area (Å²) in [4.78, 5) is 26.8. The molecule has 2 aromatic heterocycles. The molecule has 3 heterocycles. The lowest BCUT2D eigenvalue weighted by atomic mass is 9.94. The van der Waals surface area contributed by atoms with Crippen LogP contribution in [0.4, 0.5) is 0 Å². The van der Waals surface area contributed by atoms with Gasteiger partial charge in [-0.25, -0.2) is 4.79 Å². The van der Waals surface area contributed by atoms with Crippen molar-refractivity contribution in [3.8, 4) is 0 Å². The van der Waals surface area contributed by atoms with Gasteiger partial charge < -0.3 is 9.64 Å². The van der Waals surface area contributed by atoms with Crippen LogP contribution in [-0.2, 0) is 27.3 Å². The summed E-state index contributed by atoms with van der Waals surface area (Å²) in [5.41, 5.74) is 2.86. The summed E-state index contributed by atoms with van der Waals surface area (Å²) < 4.78 is 6.76. The number of rotatable bonds is 4. The normalized spacial score (nSPS) is 16.2. The van der Waals surface area contributed by atoms with Gasteiger partial charge in [-0.3, -0.25) is 9.20 Å². The molecule has 8 heteroatoms. The molecule has 4 rings (SSSR count). The summed E-state index contributed by atoms with van der Waals surface area (Å²) in [6, 6.07) is 12.9. The van der Waals surface area contributed by atoms with E-state index in [4.69, 9.17) is 4.74 Å². The molecule has 0 saturated heterocycles. The van der Waals surface area contributed by atoms with Crippen molar-refractivity contribution in [3.63, 3.8) is 0 Å². The van der Waals surface area contributed by atoms with Gasteiger partial charge in [-0.15, -0.1) is 10.2 Å². The quantitative estimate of drug-likeness (QED) is 0.507. The van der Waals surface area contributed by atoms with E-state index >= 15 is 0 Å². The number of aromatic nitrogens is 3. The molecule has 1 aliphatic rings. The molecule has 0 bridgehead atoms. The topological polar surface area (TPSA) is 76.8 Å². The van der Waals surface area contributed by atoms with Gasteiger partial charge in [-0.1, -0.05) is 42.1 Å². The van der Waals surface area contributed by atoms with Crippen LogP contribution in [-0.4, -0.2) is 50.3 Å². The van der Waals surface area contributed by atoms with Crippen LogP contribution in [0.15, 0.2) is 53.8 Å². The molecule has 3 aromatic rings. The van der Waals surface area contributed by atoms with Gasteiger partial charge in [0.25, 0.3) is 0 Å². The summed E-state index contributed by atoms with van der Waals surface area (Å²) in [5, 5.41) is 8.87. The minimum Gasteiger partial charge on any atom is -0.467 e. The summed E-state index contributed by atoms with van der Waals surface area (Å²) >= 11 is 1.31. The van der Waals surface area contributed by atoms with Gasteiger partial charge in [0, 0.05) is 19.2 Å². The molecular weight excluding hydrogens is 364 g/mol. The predicted molar refractivity (Wildman–Crippen MR) is 100 cm³/mol. The first-order valence-corrected chi connectivity index (χ1v) is 9.52. The molecule has 0 saturated carbocycles. The minimum atomic E-state index is -0.604. The Bertz CT molecular complexity index is 1000. The first kappa shape index (κ1) is 17.5. The summed E-state index contributed by atoms with van der Waals surface area (Å²) in [6.07, 6.45) is 2.32. The molecule has 0 aliphatic carbocycles. The zero-order valence-electron chi connectivity index (χ0n) is 14.7. The number of thioether (sulfide) groups is 1. The van der Waals surface area contributed by atoms with E-state index in [1.165, 1.54) is 18.9 Å². The van der Waals surface area contributed by atoms with Crippen LogP contribution >= 0.6 is 11.8 Å².